The van der Waals surface area contributed by atoms with Gasteiger partial charge in [0.1, 0.15) is 6.29 Å². The molecule has 0 spiro atoms. The van der Waals surface area contributed by atoms with Crippen LogP contribution in [0.4, 0.5) is 10.6 Å². The summed E-state index contributed by atoms with van der Waals surface area (Å²) in [5, 5.41) is 8.06. The molecule has 0 aliphatic heterocycles. The zero-order valence-electron chi connectivity index (χ0n) is 14.9. The van der Waals surface area contributed by atoms with Gasteiger partial charge in [-0.2, -0.15) is 5.10 Å². The van der Waals surface area contributed by atoms with Gasteiger partial charge in [-0.1, -0.05) is 19.9 Å². The highest BCUT2D eigenvalue weighted by atomic mass is 16.2. The highest BCUT2D eigenvalue weighted by molar-refractivity contribution is 6.01. The molecule has 0 atom stereocenters. The van der Waals surface area contributed by atoms with Gasteiger partial charge in [0.25, 0.3) is 0 Å². The maximum atomic E-state index is 12.2. The molecule has 0 unspecified atom stereocenters. The van der Waals surface area contributed by atoms with Crippen LogP contribution in [0.25, 0.3) is 10.9 Å². The van der Waals surface area contributed by atoms with Crippen molar-refractivity contribution >= 4 is 29.0 Å². The van der Waals surface area contributed by atoms with E-state index in [0.717, 1.165) is 30.0 Å². The summed E-state index contributed by atoms with van der Waals surface area (Å²) in [7, 11) is 3.46. The number of hydrogen-bond acceptors (Lipinski definition) is 3. The van der Waals surface area contributed by atoms with Crippen molar-refractivity contribution in [3.05, 3.63) is 23.8 Å². The average Bonchev–Trinajstić information content (AvgIpc) is 2.92. The molecule has 24 heavy (non-hydrogen) atoms. The van der Waals surface area contributed by atoms with Crippen LogP contribution in [-0.2, 0) is 11.8 Å². The Morgan fingerprint density at radius 3 is 2.67 bits per heavy atom. The minimum atomic E-state index is -0.263. The normalized spacial score (nSPS) is 11.0. The Kier molecular flexibility index (Phi) is 5.95. The molecule has 0 saturated heterocycles. The molecular weight excluding hydrogens is 304 g/mol. The van der Waals surface area contributed by atoms with Gasteiger partial charge < -0.3 is 10.1 Å². The Labute approximate surface area is 142 Å². The maximum Gasteiger partial charge on any atom is 0.322 e. The van der Waals surface area contributed by atoms with Crippen molar-refractivity contribution in [2.45, 2.75) is 39.0 Å². The van der Waals surface area contributed by atoms with Crippen molar-refractivity contribution < 1.29 is 9.59 Å². The van der Waals surface area contributed by atoms with Crippen LogP contribution < -0.4 is 10.2 Å². The number of aryl methyl sites for hydroxylation is 1. The molecule has 1 aromatic heterocycles. The van der Waals surface area contributed by atoms with E-state index in [1.807, 2.05) is 13.1 Å². The molecule has 2 amide bonds. The van der Waals surface area contributed by atoms with Gasteiger partial charge in [-0.3, -0.25) is 9.58 Å². The van der Waals surface area contributed by atoms with Gasteiger partial charge in [-0.05, 0) is 36.5 Å². The maximum absolute atomic E-state index is 12.2. The molecule has 130 valence electrons. The molecule has 6 heteroatoms. The number of carbonyl (C=O) groups is 2. The Hall–Kier alpha value is -2.37. The third kappa shape index (κ3) is 3.42. The molecule has 1 heterocycles. The molecule has 1 N–H and O–H groups in total. The summed E-state index contributed by atoms with van der Waals surface area (Å²) in [6.45, 7) is 4.70. The van der Waals surface area contributed by atoms with Gasteiger partial charge in [-0.25, -0.2) is 4.79 Å². The van der Waals surface area contributed by atoms with Crippen molar-refractivity contribution in [1.82, 2.24) is 15.1 Å². The molecular formula is C18H26N4O2. The van der Waals surface area contributed by atoms with Crippen molar-refractivity contribution in [3.8, 4) is 0 Å². The lowest BCUT2D eigenvalue weighted by Crippen LogP contribution is -2.39. The number of carbonyl (C=O) groups excluding carboxylic acids is 2. The van der Waals surface area contributed by atoms with Gasteiger partial charge in [0, 0.05) is 32.4 Å². The zero-order valence-corrected chi connectivity index (χ0v) is 14.9. The number of aldehydes is 1. The van der Waals surface area contributed by atoms with Crippen molar-refractivity contribution in [2.24, 2.45) is 7.05 Å². The average molecular weight is 330 g/mol. The monoisotopic (exact) mass is 330 g/mol. The molecule has 0 aliphatic carbocycles. The summed E-state index contributed by atoms with van der Waals surface area (Å²) in [4.78, 5) is 24.4. The third-order valence-electron chi connectivity index (χ3n) is 4.50. The van der Waals surface area contributed by atoms with Gasteiger partial charge in [0.05, 0.1) is 5.52 Å². The van der Waals surface area contributed by atoms with Crippen LogP contribution >= 0.6 is 0 Å². The summed E-state index contributed by atoms with van der Waals surface area (Å²) < 4.78 is 1.80. The Morgan fingerprint density at radius 2 is 2.08 bits per heavy atom. The smallest absolute Gasteiger partial charge is 0.322 e. The molecule has 2 rings (SSSR count). The second-order valence-electron chi connectivity index (χ2n) is 5.90. The Bertz CT molecular complexity index is 719. The molecule has 0 saturated carbocycles. The quantitative estimate of drug-likeness (QED) is 0.793. The largest absolute Gasteiger partial charge is 0.341 e. The van der Waals surface area contributed by atoms with E-state index in [2.05, 4.69) is 36.4 Å². The fourth-order valence-electron chi connectivity index (χ4n) is 3.09. The summed E-state index contributed by atoms with van der Waals surface area (Å²) >= 11 is 0. The number of hydrogen-bond donors (Lipinski definition) is 1. The first-order valence-corrected chi connectivity index (χ1v) is 8.46. The lowest BCUT2D eigenvalue weighted by atomic mass is 9.93. The van der Waals surface area contributed by atoms with Gasteiger partial charge >= 0.3 is 6.03 Å². The minimum absolute atomic E-state index is 0.263. The fraction of sp³-hybridized carbons (Fsp3) is 0.500. The predicted octanol–water partition coefficient (Wildman–Crippen LogP) is 3.21. The van der Waals surface area contributed by atoms with Crippen LogP contribution in [0.1, 0.15) is 44.6 Å². The van der Waals surface area contributed by atoms with Crippen LogP contribution in [0.3, 0.4) is 0 Å². The second-order valence-corrected chi connectivity index (χ2v) is 5.90. The molecule has 0 bridgehead atoms. The van der Waals surface area contributed by atoms with E-state index in [9.17, 15) is 9.59 Å². The Balaban J connectivity index is 2.51. The Morgan fingerprint density at radius 1 is 1.38 bits per heavy atom. The van der Waals surface area contributed by atoms with Gasteiger partial charge in [-0.15, -0.1) is 0 Å². The first-order chi connectivity index (χ1) is 11.6. The molecule has 2 aromatic rings. The minimum Gasteiger partial charge on any atom is -0.341 e. The standard InChI is InChI=1S/C18H26N4O2/c1-5-13(6-2)14-8-9-15-16(12-14)21(4)20-17(15)22(10-7-11-23)18(24)19-3/h8-9,11-13H,5-7,10H2,1-4H3,(H,19,24). The number of urea groups is 1. The van der Waals surface area contributed by atoms with Crippen LogP contribution in [0.5, 0.6) is 0 Å². The predicted molar refractivity (Wildman–Crippen MR) is 96.5 cm³/mol. The second kappa shape index (κ2) is 7.95. The van der Waals surface area contributed by atoms with Crippen LogP contribution in [0.2, 0.25) is 0 Å². The van der Waals surface area contributed by atoms with Crippen LogP contribution in [0.15, 0.2) is 18.2 Å². The summed E-state index contributed by atoms with van der Waals surface area (Å²) in [6.07, 6.45) is 3.27. The van der Waals surface area contributed by atoms with E-state index in [1.54, 1.807) is 11.7 Å². The van der Waals surface area contributed by atoms with E-state index in [1.165, 1.54) is 10.5 Å². The number of fused-ring (bicyclic) bond motifs is 1. The number of anilines is 1. The highest BCUT2D eigenvalue weighted by Crippen LogP contribution is 2.31. The number of aromatic nitrogens is 2. The van der Waals surface area contributed by atoms with E-state index in [4.69, 9.17) is 0 Å². The number of benzene rings is 1. The first-order valence-electron chi connectivity index (χ1n) is 8.46. The lowest BCUT2D eigenvalue weighted by Gasteiger charge is -2.19. The van der Waals surface area contributed by atoms with Gasteiger partial charge in [0.15, 0.2) is 5.82 Å². The van der Waals surface area contributed by atoms with E-state index in [-0.39, 0.29) is 12.5 Å². The van der Waals surface area contributed by atoms with Crippen molar-refractivity contribution in [1.29, 1.82) is 0 Å². The fourth-order valence-corrected chi connectivity index (χ4v) is 3.09. The number of rotatable bonds is 7. The number of amides is 2. The third-order valence-corrected chi connectivity index (χ3v) is 4.50. The molecule has 6 nitrogen and oxygen atoms in total. The van der Waals surface area contributed by atoms with Crippen molar-refractivity contribution in [2.75, 3.05) is 18.5 Å². The van der Waals surface area contributed by atoms with E-state index < -0.39 is 0 Å². The SMILES string of the molecule is CCC(CC)c1ccc2c(N(CCC=O)C(=O)NC)nn(C)c2c1. The molecule has 0 radical (unpaired) electrons. The highest BCUT2D eigenvalue weighted by Gasteiger charge is 2.21. The van der Waals surface area contributed by atoms with Gasteiger partial charge in [0.2, 0.25) is 0 Å². The van der Waals surface area contributed by atoms with Crippen LogP contribution in [0, 0.1) is 0 Å². The lowest BCUT2D eigenvalue weighted by molar-refractivity contribution is -0.107. The summed E-state index contributed by atoms with van der Waals surface area (Å²) in [5.41, 5.74) is 2.29. The summed E-state index contributed by atoms with van der Waals surface area (Å²) in [5.74, 6) is 1.11. The van der Waals surface area contributed by atoms with Crippen LogP contribution in [-0.4, -0.2) is 35.7 Å². The molecule has 0 aliphatic rings. The van der Waals surface area contributed by atoms with E-state index in [0.29, 0.717) is 18.3 Å². The van der Waals surface area contributed by atoms with Crippen molar-refractivity contribution in [3.63, 3.8) is 0 Å². The first kappa shape index (κ1) is 18.0. The number of nitrogens with zero attached hydrogens (tertiary/aromatic N) is 3. The topological polar surface area (TPSA) is 67.2 Å². The van der Waals surface area contributed by atoms with E-state index >= 15 is 0 Å². The molecule has 0 fully saturated rings. The molecule has 1 aromatic carbocycles. The summed E-state index contributed by atoms with van der Waals surface area (Å²) in [6, 6.07) is 6.04. The number of nitrogens with one attached hydrogen (secondary N) is 1. The zero-order chi connectivity index (χ0) is 17.7.